The predicted molar refractivity (Wildman–Crippen MR) is 109 cm³/mol. The zero-order valence-electron chi connectivity index (χ0n) is 15.2. The molecule has 0 aliphatic carbocycles. The van der Waals surface area contributed by atoms with Crippen LogP contribution < -0.4 is 11.5 Å². The Bertz CT molecular complexity index is 1100. The number of nitrogen functional groups attached to an aromatic ring is 1. The van der Waals surface area contributed by atoms with E-state index < -0.39 is 0 Å². The van der Waals surface area contributed by atoms with Crippen LogP contribution in [0.15, 0.2) is 41.2 Å². The number of aromatic nitrogens is 5. The highest BCUT2D eigenvalue weighted by Crippen LogP contribution is 2.32. The molecule has 0 radical (unpaired) electrons. The van der Waals surface area contributed by atoms with E-state index in [4.69, 9.17) is 32.7 Å². The summed E-state index contributed by atoms with van der Waals surface area (Å²) in [4.78, 5) is 9.36. The first-order valence-corrected chi connectivity index (χ1v) is 9.46. The van der Waals surface area contributed by atoms with E-state index in [1.165, 1.54) is 0 Å². The van der Waals surface area contributed by atoms with Crippen LogP contribution in [-0.4, -0.2) is 31.4 Å². The van der Waals surface area contributed by atoms with Gasteiger partial charge in [-0.3, -0.25) is 4.98 Å². The van der Waals surface area contributed by atoms with Gasteiger partial charge in [-0.05, 0) is 47.9 Å². The molecule has 28 heavy (non-hydrogen) atoms. The van der Waals surface area contributed by atoms with Crippen molar-refractivity contribution in [2.24, 2.45) is 5.73 Å². The van der Waals surface area contributed by atoms with Crippen molar-refractivity contribution in [3.05, 3.63) is 41.6 Å². The molecule has 8 nitrogen and oxygen atoms in total. The zero-order chi connectivity index (χ0) is 19.5. The van der Waals surface area contributed by atoms with Crippen molar-refractivity contribution in [2.75, 3.05) is 12.3 Å². The smallest absolute Gasteiger partial charge is 0.199 e. The van der Waals surface area contributed by atoms with E-state index in [1.54, 1.807) is 6.20 Å². The van der Waals surface area contributed by atoms with Gasteiger partial charge in [0, 0.05) is 23.3 Å². The number of imidazole rings is 1. The minimum Gasteiger partial charge on any atom is -0.379 e. The standard InChI is InChI=1S/C19H20ClN7O/c20-13-6-4-5-12(11-13)15-16-14(7-9-23-15)27(10-3-1-2-8-21)19(24-16)17-18(22)26-28-25-17/h4-7,9,11H,1-3,8,10,21H2,(H2,22,26). The summed E-state index contributed by atoms with van der Waals surface area (Å²) in [6.45, 7) is 1.43. The molecule has 0 spiro atoms. The number of unbranched alkanes of at least 4 members (excludes halogenated alkanes) is 2. The molecule has 0 saturated heterocycles. The summed E-state index contributed by atoms with van der Waals surface area (Å²) in [6.07, 6.45) is 4.72. The third-order valence-electron chi connectivity index (χ3n) is 4.58. The Kier molecular flexibility index (Phi) is 5.23. The minimum atomic E-state index is 0.204. The van der Waals surface area contributed by atoms with Gasteiger partial charge in [-0.15, -0.1) is 0 Å². The lowest BCUT2D eigenvalue weighted by Crippen LogP contribution is -2.04. The van der Waals surface area contributed by atoms with E-state index >= 15 is 0 Å². The van der Waals surface area contributed by atoms with Gasteiger partial charge in [-0.2, -0.15) is 0 Å². The molecule has 0 amide bonds. The topological polar surface area (TPSA) is 122 Å². The molecule has 0 aliphatic rings. The molecule has 0 aliphatic heterocycles. The largest absolute Gasteiger partial charge is 0.379 e. The van der Waals surface area contributed by atoms with Crippen molar-refractivity contribution in [2.45, 2.75) is 25.8 Å². The molecule has 0 saturated carbocycles. The summed E-state index contributed by atoms with van der Waals surface area (Å²) in [7, 11) is 0. The van der Waals surface area contributed by atoms with Crippen molar-refractivity contribution in [1.82, 2.24) is 24.8 Å². The average molecular weight is 398 g/mol. The molecule has 0 atom stereocenters. The van der Waals surface area contributed by atoms with Crippen LogP contribution in [0, 0.1) is 0 Å². The number of fused-ring (bicyclic) bond motifs is 1. The van der Waals surface area contributed by atoms with Gasteiger partial charge in [0.15, 0.2) is 17.3 Å². The molecular formula is C19H20ClN7O. The van der Waals surface area contributed by atoms with Crippen molar-refractivity contribution in [3.8, 4) is 22.8 Å². The lowest BCUT2D eigenvalue weighted by molar-refractivity contribution is 0.310. The van der Waals surface area contributed by atoms with Crippen molar-refractivity contribution >= 4 is 28.5 Å². The second-order valence-electron chi connectivity index (χ2n) is 6.47. The van der Waals surface area contributed by atoms with Gasteiger partial charge < -0.3 is 16.0 Å². The van der Waals surface area contributed by atoms with Gasteiger partial charge in [0.05, 0.1) is 11.2 Å². The Morgan fingerprint density at radius 1 is 1.07 bits per heavy atom. The Hall–Kier alpha value is -2.97. The number of aryl methyl sites for hydroxylation is 1. The summed E-state index contributed by atoms with van der Waals surface area (Å²) in [5.74, 6) is 0.813. The molecular weight excluding hydrogens is 378 g/mol. The lowest BCUT2D eigenvalue weighted by Gasteiger charge is -2.08. The maximum atomic E-state index is 6.17. The maximum absolute atomic E-state index is 6.17. The quantitative estimate of drug-likeness (QED) is 0.457. The number of nitrogens with zero attached hydrogens (tertiary/aromatic N) is 5. The van der Waals surface area contributed by atoms with Crippen LogP contribution in [0.5, 0.6) is 0 Å². The lowest BCUT2D eigenvalue weighted by atomic mass is 10.1. The number of halogens is 1. The van der Waals surface area contributed by atoms with Gasteiger partial charge in [0.2, 0.25) is 0 Å². The van der Waals surface area contributed by atoms with E-state index in [9.17, 15) is 0 Å². The van der Waals surface area contributed by atoms with Crippen LogP contribution >= 0.6 is 11.6 Å². The number of hydrogen-bond acceptors (Lipinski definition) is 7. The second kappa shape index (κ2) is 7.95. The van der Waals surface area contributed by atoms with Gasteiger partial charge in [0.1, 0.15) is 5.52 Å². The monoisotopic (exact) mass is 397 g/mol. The molecule has 9 heteroatoms. The summed E-state index contributed by atoms with van der Waals surface area (Å²) >= 11 is 6.17. The maximum Gasteiger partial charge on any atom is 0.199 e. The summed E-state index contributed by atoms with van der Waals surface area (Å²) in [5.41, 5.74) is 15.3. The molecule has 4 aromatic rings. The first-order valence-electron chi connectivity index (χ1n) is 9.08. The number of nitrogens with two attached hydrogens (primary N) is 2. The first kappa shape index (κ1) is 18.4. The van der Waals surface area contributed by atoms with E-state index in [1.807, 2.05) is 30.3 Å². The van der Waals surface area contributed by atoms with Gasteiger partial charge in [-0.1, -0.05) is 30.2 Å². The predicted octanol–water partition coefficient (Wildman–Crippen LogP) is 3.51. The molecule has 0 bridgehead atoms. The number of anilines is 1. The van der Waals surface area contributed by atoms with Gasteiger partial charge in [0.25, 0.3) is 0 Å². The Morgan fingerprint density at radius 3 is 2.71 bits per heavy atom. The highest BCUT2D eigenvalue weighted by Gasteiger charge is 2.21. The van der Waals surface area contributed by atoms with E-state index in [0.717, 1.165) is 48.1 Å². The molecule has 1 aromatic carbocycles. The second-order valence-corrected chi connectivity index (χ2v) is 6.91. The molecule has 0 unspecified atom stereocenters. The summed E-state index contributed by atoms with van der Waals surface area (Å²) in [6, 6.07) is 9.48. The number of hydrogen-bond donors (Lipinski definition) is 2. The third-order valence-corrected chi connectivity index (χ3v) is 4.81. The van der Waals surface area contributed by atoms with Crippen LogP contribution in [-0.2, 0) is 6.54 Å². The van der Waals surface area contributed by atoms with Gasteiger partial charge in [-0.25, -0.2) is 9.61 Å². The highest BCUT2D eigenvalue weighted by atomic mass is 35.5. The Balaban J connectivity index is 1.87. The van der Waals surface area contributed by atoms with E-state index in [0.29, 0.717) is 23.1 Å². The van der Waals surface area contributed by atoms with Crippen molar-refractivity contribution < 1.29 is 4.63 Å². The molecule has 4 rings (SSSR count). The summed E-state index contributed by atoms with van der Waals surface area (Å²) in [5, 5.41) is 8.28. The van der Waals surface area contributed by atoms with Crippen LogP contribution in [0.25, 0.3) is 33.8 Å². The van der Waals surface area contributed by atoms with Crippen molar-refractivity contribution in [1.29, 1.82) is 0 Å². The normalized spacial score (nSPS) is 11.4. The van der Waals surface area contributed by atoms with Crippen LogP contribution in [0.4, 0.5) is 5.82 Å². The Morgan fingerprint density at radius 2 is 1.96 bits per heavy atom. The van der Waals surface area contributed by atoms with Crippen molar-refractivity contribution in [3.63, 3.8) is 0 Å². The molecule has 4 N–H and O–H groups in total. The molecule has 0 fully saturated rings. The first-order chi connectivity index (χ1) is 13.7. The van der Waals surface area contributed by atoms with Gasteiger partial charge >= 0.3 is 0 Å². The SMILES string of the molecule is NCCCCCn1c(-c2nonc2N)nc2c(-c3cccc(Cl)c3)nccc21. The van der Waals surface area contributed by atoms with Crippen LogP contribution in [0.2, 0.25) is 5.02 Å². The number of pyridine rings is 1. The third kappa shape index (κ3) is 3.44. The van der Waals surface area contributed by atoms with Crippen LogP contribution in [0.3, 0.4) is 0 Å². The minimum absolute atomic E-state index is 0.204. The zero-order valence-corrected chi connectivity index (χ0v) is 15.9. The fourth-order valence-corrected chi connectivity index (χ4v) is 3.44. The van der Waals surface area contributed by atoms with Crippen LogP contribution in [0.1, 0.15) is 19.3 Å². The Labute approximate surface area is 166 Å². The molecule has 3 aromatic heterocycles. The highest BCUT2D eigenvalue weighted by molar-refractivity contribution is 6.30. The number of benzene rings is 1. The molecule has 3 heterocycles. The fourth-order valence-electron chi connectivity index (χ4n) is 3.25. The molecule has 144 valence electrons. The fraction of sp³-hybridized carbons (Fsp3) is 0.263. The number of rotatable bonds is 7. The average Bonchev–Trinajstić information content (AvgIpc) is 3.28. The summed E-state index contributed by atoms with van der Waals surface area (Å²) < 4.78 is 6.88. The van der Waals surface area contributed by atoms with E-state index in [2.05, 4.69) is 19.9 Å². The van der Waals surface area contributed by atoms with E-state index in [-0.39, 0.29) is 5.82 Å².